The first kappa shape index (κ1) is 20.7. The number of pyridine rings is 1. The Bertz CT molecular complexity index is 1090. The minimum absolute atomic E-state index is 0.0300. The van der Waals surface area contributed by atoms with E-state index in [1.807, 2.05) is 61.5 Å². The van der Waals surface area contributed by atoms with Crippen LogP contribution < -0.4 is 15.0 Å². The number of hydrogen-bond donors (Lipinski definition) is 2. The standard InChI is InChI=1S/C23H21N3O4S/c1-15-13-26(23(29)25-18-5-3-2-4-6-18)19-9-7-16(11-20(19)30-15)17-8-10-21(24-12-17)31-14-22(27)28/h2-12,15H,13-14H2,1H3,(H,25,29)(H,27,28). The molecule has 2 aromatic carbocycles. The summed E-state index contributed by atoms with van der Waals surface area (Å²) in [7, 11) is 0. The molecule has 0 bridgehead atoms. The molecule has 2 N–H and O–H groups in total. The molecule has 1 aliphatic rings. The van der Waals surface area contributed by atoms with E-state index in [-0.39, 0.29) is 17.9 Å². The largest absolute Gasteiger partial charge is 0.487 e. The summed E-state index contributed by atoms with van der Waals surface area (Å²) in [6.45, 7) is 2.37. The van der Waals surface area contributed by atoms with Gasteiger partial charge in [-0.1, -0.05) is 42.1 Å². The van der Waals surface area contributed by atoms with Gasteiger partial charge in [0.1, 0.15) is 11.9 Å². The second-order valence-corrected chi connectivity index (χ2v) is 8.08. The van der Waals surface area contributed by atoms with Gasteiger partial charge in [0.25, 0.3) is 0 Å². The quantitative estimate of drug-likeness (QED) is 0.562. The highest BCUT2D eigenvalue weighted by Crippen LogP contribution is 2.37. The number of nitrogens with one attached hydrogen (secondary N) is 1. The van der Waals surface area contributed by atoms with E-state index in [9.17, 15) is 9.59 Å². The molecule has 3 aromatic rings. The predicted octanol–water partition coefficient (Wildman–Crippen LogP) is 4.74. The number of benzene rings is 2. The fourth-order valence-corrected chi connectivity index (χ4v) is 3.86. The molecule has 2 heterocycles. The predicted molar refractivity (Wildman–Crippen MR) is 121 cm³/mol. The average Bonchev–Trinajstić information content (AvgIpc) is 2.77. The molecule has 0 fully saturated rings. The lowest BCUT2D eigenvalue weighted by Gasteiger charge is -2.33. The molecule has 1 atom stereocenters. The van der Waals surface area contributed by atoms with Crippen LogP contribution in [-0.2, 0) is 4.79 Å². The minimum atomic E-state index is -0.877. The SMILES string of the molecule is CC1CN(C(=O)Nc2ccccc2)c2ccc(-c3ccc(SCC(=O)O)nc3)cc2O1. The zero-order chi connectivity index (χ0) is 21.8. The number of anilines is 2. The second-order valence-electron chi connectivity index (χ2n) is 7.09. The Labute approximate surface area is 184 Å². The molecule has 0 saturated heterocycles. The van der Waals surface area contributed by atoms with E-state index >= 15 is 0 Å². The fourth-order valence-electron chi connectivity index (χ4n) is 3.30. The van der Waals surface area contributed by atoms with Gasteiger partial charge in [0, 0.05) is 17.4 Å². The highest BCUT2D eigenvalue weighted by atomic mass is 32.2. The van der Waals surface area contributed by atoms with Crippen LogP contribution in [0.5, 0.6) is 5.75 Å². The smallest absolute Gasteiger partial charge is 0.326 e. The third-order valence-corrected chi connectivity index (χ3v) is 5.63. The number of carboxylic acid groups (broad SMARTS) is 1. The van der Waals surface area contributed by atoms with Gasteiger partial charge in [-0.2, -0.15) is 0 Å². The zero-order valence-corrected chi connectivity index (χ0v) is 17.6. The van der Waals surface area contributed by atoms with Crippen LogP contribution in [0.25, 0.3) is 11.1 Å². The van der Waals surface area contributed by atoms with Gasteiger partial charge in [-0.05, 0) is 42.8 Å². The van der Waals surface area contributed by atoms with E-state index < -0.39 is 5.97 Å². The molecule has 0 radical (unpaired) electrons. The van der Waals surface area contributed by atoms with Crippen LogP contribution in [0.1, 0.15) is 6.92 Å². The van der Waals surface area contributed by atoms with Gasteiger partial charge in [0.2, 0.25) is 0 Å². The maximum atomic E-state index is 12.9. The third kappa shape index (κ3) is 4.97. The number of aromatic nitrogens is 1. The number of aliphatic carboxylic acids is 1. The third-order valence-electron chi connectivity index (χ3n) is 4.70. The summed E-state index contributed by atoms with van der Waals surface area (Å²) in [6.07, 6.45) is 1.55. The van der Waals surface area contributed by atoms with E-state index in [2.05, 4.69) is 10.3 Å². The topological polar surface area (TPSA) is 91.8 Å². The van der Waals surface area contributed by atoms with Crippen molar-refractivity contribution in [2.45, 2.75) is 18.1 Å². The van der Waals surface area contributed by atoms with Crippen molar-refractivity contribution < 1.29 is 19.4 Å². The molecule has 31 heavy (non-hydrogen) atoms. The Morgan fingerprint density at radius 1 is 1.16 bits per heavy atom. The van der Waals surface area contributed by atoms with Gasteiger partial charge in [-0.3, -0.25) is 9.69 Å². The van der Waals surface area contributed by atoms with Crippen LogP contribution in [0.2, 0.25) is 0 Å². The Morgan fingerprint density at radius 3 is 2.65 bits per heavy atom. The number of hydrogen-bond acceptors (Lipinski definition) is 5. The first-order chi connectivity index (χ1) is 15.0. The van der Waals surface area contributed by atoms with Gasteiger partial charge in [0.15, 0.2) is 0 Å². The van der Waals surface area contributed by atoms with Crippen molar-refractivity contribution in [1.29, 1.82) is 0 Å². The number of carbonyl (C=O) groups is 2. The van der Waals surface area contributed by atoms with Crippen LogP contribution >= 0.6 is 11.8 Å². The number of fused-ring (bicyclic) bond motifs is 1. The summed E-state index contributed by atoms with van der Waals surface area (Å²) < 4.78 is 6.00. The Kier molecular flexibility index (Phi) is 6.08. The summed E-state index contributed by atoms with van der Waals surface area (Å²) >= 11 is 1.17. The zero-order valence-electron chi connectivity index (χ0n) is 16.8. The van der Waals surface area contributed by atoms with Crippen LogP contribution in [0, 0.1) is 0 Å². The summed E-state index contributed by atoms with van der Waals surface area (Å²) in [5.41, 5.74) is 3.22. The number of urea groups is 1. The first-order valence-corrected chi connectivity index (χ1v) is 10.7. The Hall–Kier alpha value is -3.52. The summed E-state index contributed by atoms with van der Waals surface area (Å²) in [5.74, 6) is -0.279. The molecular formula is C23H21N3O4S. The van der Waals surface area contributed by atoms with E-state index in [1.54, 1.807) is 17.2 Å². The molecule has 1 aliphatic heterocycles. The molecule has 1 aromatic heterocycles. The summed E-state index contributed by atoms with van der Waals surface area (Å²) in [5, 5.41) is 12.4. The molecular weight excluding hydrogens is 414 g/mol. The molecule has 7 nitrogen and oxygen atoms in total. The number of nitrogens with zero attached hydrogens (tertiary/aromatic N) is 2. The number of para-hydroxylation sites is 1. The lowest BCUT2D eigenvalue weighted by Crippen LogP contribution is -2.44. The Morgan fingerprint density at radius 2 is 1.94 bits per heavy atom. The molecule has 1 unspecified atom stereocenters. The number of carboxylic acids is 1. The van der Waals surface area contributed by atoms with Crippen molar-refractivity contribution in [3.05, 3.63) is 66.9 Å². The van der Waals surface area contributed by atoms with E-state index in [4.69, 9.17) is 9.84 Å². The monoisotopic (exact) mass is 435 g/mol. The molecule has 8 heteroatoms. The van der Waals surface area contributed by atoms with Crippen LogP contribution in [0.4, 0.5) is 16.2 Å². The van der Waals surface area contributed by atoms with Gasteiger partial charge in [-0.25, -0.2) is 9.78 Å². The van der Waals surface area contributed by atoms with Crippen molar-refractivity contribution >= 4 is 35.1 Å². The van der Waals surface area contributed by atoms with Gasteiger partial charge >= 0.3 is 12.0 Å². The lowest BCUT2D eigenvalue weighted by atomic mass is 10.1. The van der Waals surface area contributed by atoms with Crippen LogP contribution in [0.15, 0.2) is 71.9 Å². The van der Waals surface area contributed by atoms with Gasteiger partial charge in [0.05, 0.1) is 23.0 Å². The maximum absolute atomic E-state index is 12.9. The number of amides is 2. The normalized spacial score (nSPS) is 15.0. The van der Waals surface area contributed by atoms with Crippen molar-refractivity contribution in [2.24, 2.45) is 0 Å². The summed E-state index contributed by atoms with van der Waals surface area (Å²) in [4.78, 5) is 29.6. The van der Waals surface area contributed by atoms with Crippen LogP contribution in [0.3, 0.4) is 0 Å². The van der Waals surface area contributed by atoms with E-state index in [0.717, 1.165) is 16.8 Å². The van der Waals surface area contributed by atoms with Gasteiger partial charge < -0.3 is 15.2 Å². The average molecular weight is 436 g/mol. The number of ether oxygens (including phenoxy) is 1. The maximum Gasteiger partial charge on any atom is 0.326 e. The molecule has 0 aliphatic carbocycles. The lowest BCUT2D eigenvalue weighted by molar-refractivity contribution is -0.133. The highest BCUT2D eigenvalue weighted by Gasteiger charge is 2.28. The second kappa shape index (κ2) is 9.09. The van der Waals surface area contributed by atoms with Crippen LogP contribution in [-0.4, -0.2) is 40.5 Å². The fraction of sp³-hybridized carbons (Fsp3) is 0.174. The molecule has 158 valence electrons. The molecule has 4 rings (SSSR count). The molecule has 0 spiro atoms. The number of rotatable bonds is 5. The van der Waals surface area contributed by atoms with Gasteiger partial charge in [-0.15, -0.1) is 0 Å². The molecule has 2 amide bonds. The van der Waals surface area contributed by atoms with E-state index in [0.29, 0.717) is 23.0 Å². The van der Waals surface area contributed by atoms with Crippen molar-refractivity contribution in [1.82, 2.24) is 4.98 Å². The summed E-state index contributed by atoms with van der Waals surface area (Å²) in [6, 6.07) is 18.5. The van der Waals surface area contributed by atoms with E-state index in [1.165, 1.54) is 11.8 Å². The highest BCUT2D eigenvalue weighted by molar-refractivity contribution is 7.99. The van der Waals surface area contributed by atoms with Crippen molar-refractivity contribution in [3.8, 4) is 16.9 Å². The minimum Gasteiger partial charge on any atom is -0.487 e. The number of thioether (sulfide) groups is 1. The first-order valence-electron chi connectivity index (χ1n) is 9.75. The number of carbonyl (C=O) groups excluding carboxylic acids is 1. The van der Waals surface area contributed by atoms with Crippen molar-refractivity contribution in [2.75, 3.05) is 22.5 Å². The van der Waals surface area contributed by atoms with Crippen molar-refractivity contribution in [3.63, 3.8) is 0 Å². The molecule has 0 saturated carbocycles. The Balaban J connectivity index is 1.55.